The summed E-state index contributed by atoms with van der Waals surface area (Å²) in [6.45, 7) is 2.09. The lowest BCUT2D eigenvalue weighted by molar-refractivity contribution is 1.06. The smallest absolute Gasteiger partial charge is 0.252 e. The van der Waals surface area contributed by atoms with Crippen LogP contribution in [0.4, 0.5) is 0 Å². The normalized spacial score (nSPS) is 15.1. The number of aromatic nitrogens is 1. The van der Waals surface area contributed by atoms with Gasteiger partial charge in [0, 0.05) is 22.2 Å². The fourth-order valence-corrected chi connectivity index (χ4v) is 3.30. The van der Waals surface area contributed by atoms with Gasteiger partial charge in [0.25, 0.3) is 5.56 Å². The molecule has 0 spiro atoms. The molecule has 0 saturated carbocycles. The van der Waals surface area contributed by atoms with Crippen LogP contribution < -0.4 is 5.56 Å². The topological polar surface area (TPSA) is 32.9 Å². The lowest BCUT2D eigenvalue weighted by atomic mass is 10.0. The number of thioether (sulfide) groups is 1. The van der Waals surface area contributed by atoms with Crippen LogP contribution in [-0.2, 0) is 12.2 Å². The lowest BCUT2D eigenvalue weighted by Crippen LogP contribution is -2.18. The zero-order valence-corrected chi connectivity index (χ0v) is 9.99. The van der Waals surface area contributed by atoms with E-state index in [0.717, 1.165) is 29.0 Å². The van der Waals surface area contributed by atoms with Gasteiger partial charge in [0.2, 0.25) is 0 Å². The van der Waals surface area contributed by atoms with Gasteiger partial charge < -0.3 is 4.98 Å². The summed E-state index contributed by atoms with van der Waals surface area (Å²) in [5.74, 6) is 1.98. The molecular formula is C13H13NOS. The molecule has 82 valence electrons. The summed E-state index contributed by atoms with van der Waals surface area (Å²) in [6, 6.07) is 6.23. The van der Waals surface area contributed by atoms with Crippen LogP contribution in [0.5, 0.6) is 0 Å². The van der Waals surface area contributed by atoms with E-state index in [1.165, 1.54) is 16.5 Å². The van der Waals surface area contributed by atoms with E-state index >= 15 is 0 Å². The average Bonchev–Trinajstić information content (AvgIpc) is 2.31. The molecule has 2 heterocycles. The molecule has 0 unspecified atom stereocenters. The van der Waals surface area contributed by atoms with Crippen molar-refractivity contribution in [1.29, 1.82) is 0 Å². The van der Waals surface area contributed by atoms with Gasteiger partial charge in [-0.3, -0.25) is 4.79 Å². The minimum atomic E-state index is 0.0959. The third kappa shape index (κ3) is 1.47. The fraction of sp³-hybridized carbons (Fsp3) is 0.308. The second-order valence-corrected chi connectivity index (χ2v) is 5.37. The summed E-state index contributed by atoms with van der Waals surface area (Å²) in [5, 5.41) is 1.23. The molecule has 1 aromatic carbocycles. The van der Waals surface area contributed by atoms with E-state index in [4.69, 9.17) is 0 Å². The average molecular weight is 231 g/mol. The standard InChI is InChI=1S/C13H13NOS/c1-8-2-3-12-10(6-8)9-4-5-16-7-11(9)13(15)14-12/h2-3,6H,4-5,7H2,1H3,(H,14,15). The van der Waals surface area contributed by atoms with E-state index in [9.17, 15) is 4.79 Å². The highest BCUT2D eigenvalue weighted by atomic mass is 32.2. The number of aryl methyl sites for hydroxylation is 2. The Morgan fingerprint density at radius 2 is 2.19 bits per heavy atom. The van der Waals surface area contributed by atoms with Crippen molar-refractivity contribution < 1.29 is 0 Å². The summed E-state index contributed by atoms with van der Waals surface area (Å²) >= 11 is 1.84. The first kappa shape index (κ1) is 9.97. The third-order valence-electron chi connectivity index (χ3n) is 3.13. The first-order chi connectivity index (χ1) is 7.75. The molecule has 0 bridgehead atoms. The molecule has 1 aliphatic heterocycles. The van der Waals surface area contributed by atoms with Gasteiger partial charge in [0.1, 0.15) is 0 Å². The zero-order valence-electron chi connectivity index (χ0n) is 9.17. The van der Waals surface area contributed by atoms with E-state index in [1.807, 2.05) is 23.9 Å². The number of H-pyrrole nitrogens is 1. The Labute approximate surface area is 98.1 Å². The van der Waals surface area contributed by atoms with Gasteiger partial charge in [-0.2, -0.15) is 11.8 Å². The number of hydrogen-bond donors (Lipinski definition) is 1. The van der Waals surface area contributed by atoms with Crippen LogP contribution in [-0.4, -0.2) is 10.7 Å². The largest absolute Gasteiger partial charge is 0.322 e. The Morgan fingerprint density at radius 3 is 3.06 bits per heavy atom. The maximum absolute atomic E-state index is 11.9. The molecule has 0 fully saturated rings. The Balaban J connectivity index is 2.43. The minimum absolute atomic E-state index is 0.0959. The molecule has 1 aliphatic rings. The van der Waals surface area contributed by atoms with Gasteiger partial charge >= 0.3 is 0 Å². The zero-order chi connectivity index (χ0) is 11.1. The van der Waals surface area contributed by atoms with Crippen molar-refractivity contribution in [2.75, 3.05) is 5.75 Å². The second-order valence-electron chi connectivity index (χ2n) is 4.26. The van der Waals surface area contributed by atoms with Crippen molar-refractivity contribution in [1.82, 2.24) is 4.98 Å². The molecule has 3 heteroatoms. The molecular weight excluding hydrogens is 218 g/mol. The highest BCUT2D eigenvalue weighted by Crippen LogP contribution is 2.27. The van der Waals surface area contributed by atoms with Gasteiger partial charge in [0.15, 0.2) is 0 Å². The maximum atomic E-state index is 11.9. The van der Waals surface area contributed by atoms with Gasteiger partial charge in [0.05, 0.1) is 0 Å². The van der Waals surface area contributed by atoms with Crippen LogP contribution in [0.15, 0.2) is 23.0 Å². The predicted molar refractivity (Wildman–Crippen MR) is 69.2 cm³/mol. The number of aromatic amines is 1. The number of nitrogens with one attached hydrogen (secondary N) is 1. The number of benzene rings is 1. The summed E-state index contributed by atoms with van der Waals surface area (Å²) in [7, 11) is 0. The molecule has 2 aromatic rings. The number of fused-ring (bicyclic) bond motifs is 3. The number of rotatable bonds is 0. The van der Waals surface area contributed by atoms with Crippen molar-refractivity contribution >= 4 is 22.7 Å². The second kappa shape index (κ2) is 3.67. The maximum Gasteiger partial charge on any atom is 0.252 e. The first-order valence-electron chi connectivity index (χ1n) is 5.48. The van der Waals surface area contributed by atoms with Crippen molar-refractivity contribution in [3.63, 3.8) is 0 Å². The molecule has 3 rings (SSSR count). The Kier molecular flexibility index (Phi) is 2.28. The molecule has 2 nitrogen and oxygen atoms in total. The third-order valence-corrected chi connectivity index (χ3v) is 4.12. The lowest BCUT2D eigenvalue weighted by Gasteiger charge is -2.16. The molecule has 1 aromatic heterocycles. The monoisotopic (exact) mass is 231 g/mol. The van der Waals surface area contributed by atoms with E-state index in [0.29, 0.717) is 0 Å². The first-order valence-corrected chi connectivity index (χ1v) is 6.63. The summed E-state index contributed by atoms with van der Waals surface area (Å²) in [5.41, 5.74) is 4.57. The number of pyridine rings is 1. The summed E-state index contributed by atoms with van der Waals surface area (Å²) in [4.78, 5) is 14.9. The van der Waals surface area contributed by atoms with E-state index in [-0.39, 0.29) is 5.56 Å². The van der Waals surface area contributed by atoms with Crippen molar-refractivity contribution in [2.45, 2.75) is 19.1 Å². The van der Waals surface area contributed by atoms with Crippen LogP contribution in [0.3, 0.4) is 0 Å². The van der Waals surface area contributed by atoms with Gasteiger partial charge in [-0.05, 0) is 36.8 Å². The van der Waals surface area contributed by atoms with Crippen molar-refractivity contribution in [2.24, 2.45) is 0 Å². The molecule has 1 N–H and O–H groups in total. The Bertz CT molecular complexity index is 615. The van der Waals surface area contributed by atoms with Crippen LogP contribution in [0, 0.1) is 6.92 Å². The van der Waals surface area contributed by atoms with Crippen LogP contribution >= 0.6 is 11.8 Å². The van der Waals surface area contributed by atoms with Gasteiger partial charge in [-0.1, -0.05) is 11.6 Å². The molecule has 0 aliphatic carbocycles. The van der Waals surface area contributed by atoms with Gasteiger partial charge in [-0.15, -0.1) is 0 Å². The molecule has 0 atom stereocenters. The SMILES string of the molecule is Cc1ccc2[nH]c(=O)c3c(c2c1)CCSC3. The predicted octanol–water partition coefficient (Wildman–Crippen LogP) is 2.63. The van der Waals surface area contributed by atoms with E-state index in [2.05, 4.69) is 18.0 Å². The van der Waals surface area contributed by atoms with Crippen LogP contribution in [0.1, 0.15) is 16.7 Å². The highest BCUT2D eigenvalue weighted by molar-refractivity contribution is 7.98. The summed E-state index contributed by atoms with van der Waals surface area (Å²) < 4.78 is 0. The Hall–Kier alpha value is -1.22. The Morgan fingerprint density at radius 1 is 1.31 bits per heavy atom. The van der Waals surface area contributed by atoms with E-state index < -0.39 is 0 Å². The fourth-order valence-electron chi connectivity index (χ4n) is 2.30. The highest BCUT2D eigenvalue weighted by Gasteiger charge is 2.16. The van der Waals surface area contributed by atoms with Crippen LogP contribution in [0.25, 0.3) is 10.9 Å². The molecule has 16 heavy (non-hydrogen) atoms. The summed E-state index contributed by atoms with van der Waals surface area (Å²) in [6.07, 6.45) is 1.02. The quantitative estimate of drug-likeness (QED) is 0.756. The van der Waals surface area contributed by atoms with Crippen molar-refractivity contribution in [3.8, 4) is 0 Å². The molecule has 0 saturated heterocycles. The van der Waals surface area contributed by atoms with Crippen LogP contribution in [0.2, 0.25) is 0 Å². The van der Waals surface area contributed by atoms with Crippen molar-refractivity contribution in [3.05, 3.63) is 45.2 Å². The van der Waals surface area contributed by atoms with Gasteiger partial charge in [-0.25, -0.2) is 0 Å². The molecule has 0 amide bonds. The number of hydrogen-bond acceptors (Lipinski definition) is 2. The minimum Gasteiger partial charge on any atom is -0.322 e. The van der Waals surface area contributed by atoms with E-state index in [1.54, 1.807) is 0 Å². The molecule has 0 radical (unpaired) electrons.